The van der Waals surface area contributed by atoms with Gasteiger partial charge >= 0.3 is 5.97 Å². The second-order valence-corrected chi connectivity index (χ2v) is 14.1. The molecule has 0 spiro atoms. The number of aliphatic hydroxyl groups is 1. The van der Waals surface area contributed by atoms with Gasteiger partial charge in [0.1, 0.15) is 5.60 Å². The highest BCUT2D eigenvalue weighted by Gasteiger charge is 2.48. The lowest BCUT2D eigenvalue weighted by atomic mass is 9.75. The third kappa shape index (κ3) is 7.96. The molecule has 44 heavy (non-hydrogen) atoms. The van der Waals surface area contributed by atoms with Gasteiger partial charge < -0.3 is 15.2 Å². The van der Waals surface area contributed by atoms with Gasteiger partial charge in [-0.1, -0.05) is 97.8 Å². The number of carbonyl (C=O) groups is 2. The molecule has 0 aromatic heterocycles. The molecule has 3 aromatic carbocycles. The summed E-state index contributed by atoms with van der Waals surface area (Å²) in [6, 6.07) is 28.8. The maximum Gasteiger partial charge on any atom is 0.310 e. The molecule has 0 aliphatic heterocycles. The first-order valence-corrected chi connectivity index (χ1v) is 16.1. The van der Waals surface area contributed by atoms with E-state index >= 15 is 0 Å². The molecule has 0 saturated heterocycles. The van der Waals surface area contributed by atoms with E-state index in [-0.39, 0.29) is 18.5 Å². The minimum Gasteiger partial charge on any atom is -0.460 e. The molecule has 2 aliphatic carbocycles. The van der Waals surface area contributed by atoms with Gasteiger partial charge in [-0.2, -0.15) is 0 Å². The number of rotatable bonds is 12. The van der Waals surface area contributed by atoms with E-state index in [4.69, 9.17) is 4.74 Å². The van der Waals surface area contributed by atoms with Crippen LogP contribution in [0.4, 0.5) is 0 Å². The number of esters is 1. The summed E-state index contributed by atoms with van der Waals surface area (Å²) in [5, 5.41) is 13.9. The summed E-state index contributed by atoms with van der Waals surface area (Å²) in [4.78, 5) is 30.6. The fourth-order valence-electron chi connectivity index (χ4n) is 7.14. The number of ether oxygens (including phenoxy) is 1. The van der Waals surface area contributed by atoms with Crippen molar-refractivity contribution in [1.29, 1.82) is 0 Å². The normalized spacial score (nSPS) is 17.7. The molecule has 0 bridgehead atoms. The third-order valence-corrected chi connectivity index (χ3v) is 9.25. The van der Waals surface area contributed by atoms with Crippen LogP contribution in [-0.2, 0) is 40.3 Å². The minimum atomic E-state index is -0.718. The quantitative estimate of drug-likeness (QED) is 0.242. The van der Waals surface area contributed by atoms with Crippen LogP contribution in [0.2, 0.25) is 0 Å². The van der Waals surface area contributed by atoms with Crippen LogP contribution in [0.25, 0.3) is 0 Å². The van der Waals surface area contributed by atoms with Crippen molar-refractivity contribution in [2.45, 2.75) is 89.9 Å². The SMILES string of the molecule is CC(C)(C)OC(=O)C(CN(Cc1ccccc1)Cc1ccccc1)CC1(C(=O)NC2(CO)Cc3ccccc3C2)CCCC1. The number of carbonyl (C=O) groups excluding carboxylic acids is 2. The van der Waals surface area contributed by atoms with Gasteiger partial charge in [0, 0.05) is 19.6 Å². The molecule has 5 rings (SSSR count). The van der Waals surface area contributed by atoms with E-state index in [2.05, 4.69) is 46.6 Å². The number of benzene rings is 3. The first-order valence-electron chi connectivity index (χ1n) is 16.1. The highest BCUT2D eigenvalue weighted by Crippen LogP contribution is 2.45. The lowest BCUT2D eigenvalue weighted by molar-refractivity contribution is -0.162. The third-order valence-electron chi connectivity index (χ3n) is 9.25. The van der Waals surface area contributed by atoms with Crippen molar-refractivity contribution in [3.63, 3.8) is 0 Å². The minimum absolute atomic E-state index is 0.0388. The van der Waals surface area contributed by atoms with E-state index in [1.807, 2.05) is 69.3 Å². The Balaban J connectivity index is 1.41. The zero-order chi connectivity index (χ0) is 31.2. The van der Waals surface area contributed by atoms with Crippen molar-refractivity contribution < 1.29 is 19.4 Å². The number of hydrogen-bond donors (Lipinski definition) is 2. The van der Waals surface area contributed by atoms with Gasteiger partial charge in [0.05, 0.1) is 23.5 Å². The standard InChI is InChI=1S/C38H48N2O4/c1-36(2,3)44-34(42)33(27-40(25-29-14-6-4-7-15-29)26-30-16-8-5-9-17-30)22-37(20-12-13-21-37)35(43)39-38(28-41)23-31-18-10-11-19-32(31)24-38/h4-11,14-19,33,41H,12-13,20-28H2,1-3H3,(H,39,43). The summed E-state index contributed by atoms with van der Waals surface area (Å²) >= 11 is 0. The molecule has 0 radical (unpaired) electrons. The van der Waals surface area contributed by atoms with Gasteiger partial charge in [-0.3, -0.25) is 14.5 Å². The van der Waals surface area contributed by atoms with E-state index in [0.29, 0.717) is 38.9 Å². The van der Waals surface area contributed by atoms with Crippen LogP contribution < -0.4 is 5.32 Å². The van der Waals surface area contributed by atoms with Gasteiger partial charge in [0.2, 0.25) is 5.91 Å². The Morgan fingerprint density at radius 3 is 1.82 bits per heavy atom. The second kappa shape index (κ2) is 13.7. The predicted molar refractivity (Wildman–Crippen MR) is 174 cm³/mol. The van der Waals surface area contributed by atoms with E-state index in [9.17, 15) is 14.7 Å². The number of aliphatic hydroxyl groups excluding tert-OH is 1. The molecule has 6 nitrogen and oxygen atoms in total. The van der Waals surface area contributed by atoms with E-state index < -0.39 is 22.5 Å². The molecule has 2 N–H and O–H groups in total. The van der Waals surface area contributed by atoms with Crippen LogP contribution in [0.3, 0.4) is 0 Å². The van der Waals surface area contributed by atoms with E-state index in [1.54, 1.807) is 0 Å². The lowest BCUT2D eigenvalue weighted by Gasteiger charge is -2.38. The Hall–Kier alpha value is -3.48. The summed E-state index contributed by atoms with van der Waals surface area (Å²) in [5.74, 6) is -0.785. The fraction of sp³-hybridized carbons (Fsp3) is 0.474. The molecule has 3 aromatic rings. The molecular formula is C38H48N2O4. The highest BCUT2D eigenvalue weighted by atomic mass is 16.6. The Morgan fingerprint density at radius 1 is 0.841 bits per heavy atom. The number of hydrogen-bond acceptors (Lipinski definition) is 5. The number of fused-ring (bicyclic) bond motifs is 1. The van der Waals surface area contributed by atoms with E-state index in [0.717, 1.165) is 25.7 Å². The fourth-order valence-corrected chi connectivity index (χ4v) is 7.14. The Kier molecular flexibility index (Phi) is 9.91. The molecule has 1 saturated carbocycles. The lowest BCUT2D eigenvalue weighted by Crippen LogP contribution is -2.57. The number of amides is 1. The van der Waals surface area contributed by atoms with Crippen LogP contribution in [0.1, 0.15) is 75.1 Å². The average Bonchev–Trinajstić information content (AvgIpc) is 3.62. The molecule has 6 heteroatoms. The maximum atomic E-state index is 14.4. The van der Waals surface area contributed by atoms with Crippen molar-refractivity contribution >= 4 is 11.9 Å². The zero-order valence-electron chi connectivity index (χ0n) is 26.6. The average molecular weight is 597 g/mol. The second-order valence-electron chi connectivity index (χ2n) is 14.1. The summed E-state index contributed by atoms with van der Waals surface area (Å²) in [6.45, 7) is 7.41. The van der Waals surface area contributed by atoms with Gasteiger partial charge in [-0.15, -0.1) is 0 Å². The number of nitrogens with zero attached hydrogens (tertiary/aromatic N) is 1. The summed E-state index contributed by atoms with van der Waals surface area (Å²) in [6.07, 6.45) is 4.98. The Labute approximate surface area is 262 Å². The molecular weight excluding hydrogens is 548 g/mol. The molecule has 1 fully saturated rings. The van der Waals surface area contributed by atoms with Crippen molar-refractivity contribution in [2.75, 3.05) is 13.2 Å². The van der Waals surface area contributed by atoms with Crippen LogP contribution in [-0.4, -0.2) is 46.2 Å². The van der Waals surface area contributed by atoms with Crippen molar-refractivity contribution in [3.8, 4) is 0 Å². The topological polar surface area (TPSA) is 78.9 Å². The largest absolute Gasteiger partial charge is 0.460 e. The molecule has 0 heterocycles. The first kappa shape index (κ1) is 31.9. The molecule has 1 amide bonds. The van der Waals surface area contributed by atoms with Crippen molar-refractivity contribution in [2.24, 2.45) is 11.3 Å². The monoisotopic (exact) mass is 596 g/mol. The first-order chi connectivity index (χ1) is 21.1. The summed E-state index contributed by atoms with van der Waals surface area (Å²) in [7, 11) is 0. The van der Waals surface area contributed by atoms with Crippen LogP contribution in [0.5, 0.6) is 0 Å². The van der Waals surface area contributed by atoms with Gasteiger partial charge in [0.25, 0.3) is 0 Å². The molecule has 1 unspecified atom stereocenters. The summed E-state index contributed by atoms with van der Waals surface area (Å²) < 4.78 is 6.02. The molecule has 234 valence electrons. The van der Waals surface area contributed by atoms with Crippen molar-refractivity contribution in [3.05, 3.63) is 107 Å². The van der Waals surface area contributed by atoms with E-state index in [1.165, 1.54) is 22.3 Å². The molecule has 2 aliphatic rings. The number of nitrogens with one attached hydrogen (secondary N) is 1. The smallest absolute Gasteiger partial charge is 0.310 e. The summed E-state index contributed by atoms with van der Waals surface area (Å²) in [5.41, 5.74) is 2.64. The van der Waals surface area contributed by atoms with Crippen LogP contribution >= 0.6 is 0 Å². The van der Waals surface area contributed by atoms with Gasteiger partial charge in [0.15, 0.2) is 0 Å². The Bertz CT molecular complexity index is 1330. The maximum absolute atomic E-state index is 14.4. The predicted octanol–water partition coefficient (Wildman–Crippen LogP) is 6.24. The zero-order valence-corrected chi connectivity index (χ0v) is 26.6. The van der Waals surface area contributed by atoms with Gasteiger partial charge in [-0.25, -0.2) is 0 Å². The van der Waals surface area contributed by atoms with Crippen LogP contribution in [0.15, 0.2) is 84.9 Å². The highest BCUT2D eigenvalue weighted by molar-refractivity contribution is 5.85. The Morgan fingerprint density at radius 2 is 1.34 bits per heavy atom. The molecule has 1 atom stereocenters. The van der Waals surface area contributed by atoms with Gasteiger partial charge in [-0.05, 0) is 75.1 Å². The van der Waals surface area contributed by atoms with Crippen LogP contribution in [0, 0.1) is 11.3 Å². The van der Waals surface area contributed by atoms with Crippen molar-refractivity contribution in [1.82, 2.24) is 10.2 Å².